The number of H-pyrrole nitrogens is 1. The van der Waals surface area contributed by atoms with Crippen LogP contribution in [-0.4, -0.2) is 16.5 Å². The maximum absolute atomic E-state index is 13.0. The van der Waals surface area contributed by atoms with E-state index in [4.69, 9.17) is 11.6 Å². The molecule has 0 unspecified atom stereocenters. The summed E-state index contributed by atoms with van der Waals surface area (Å²) in [5, 5.41) is 3.39. The largest absolute Gasteiger partial charge is 0.311 e. The van der Waals surface area contributed by atoms with Crippen LogP contribution in [0.2, 0.25) is 5.02 Å². The summed E-state index contributed by atoms with van der Waals surface area (Å²) >= 11 is 5.98. The summed E-state index contributed by atoms with van der Waals surface area (Å²) in [7, 11) is 0. The molecule has 0 bridgehead atoms. The van der Waals surface area contributed by atoms with Crippen molar-refractivity contribution in [3.8, 4) is 11.4 Å². The van der Waals surface area contributed by atoms with Crippen LogP contribution in [0.5, 0.6) is 0 Å². The first kappa shape index (κ1) is 14.7. The van der Waals surface area contributed by atoms with Gasteiger partial charge in [0.25, 0.3) is 5.56 Å². The standard InChI is InChI=1S/C14H15ClFN3O/c1-2-5-17-8-10-7-13(20)19-14(18-10)11-4-3-9(16)6-12(11)15/h3-4,6-7,17H,2,5,8H2,1H3,(H,18,19,20). The quantitative estimate of drug-likeness (QED) is 0.834. The van der Waals surface area contributed by atoms with Crippen LogP contribution in [0.1, 0.15) is 19.0 Å². The third-order valence-corrected chi connectivity index (χ3v) is 3.03. The molecule has 1 aromatic heterocycles. The van der Waals surface area contributed by atoms with Crippen molar-refractivity contribution < 1.29 is 4.39 Å². The van der Waals surface area contributed by atoms with Gasteiger partial charge >= 0.3 is 0 Å². The molecular formula is C14H15ClFN3O. The minimum Gasteiger partial charge on any atom is -0.311 e. The number of rotatable bonds is 5. The predicted octanol–water partition coefficient (Wildman–Crippen LogP) is 2.73. The first-order valence-electron chi connectivity index (χ1n) is 6.36. The Kier molecular flexibility index (Phi) is 4.87. The molecule has 106 valence electrons. The lowest BCUT2D eigenvalue weighted by molar-refractivity contribution is 0.628. The molecule has 0 amide bonds. The van der Waals surface area contributed by atoms with E-state index in [0.29, 0.717) is 23.6 Å². The van der Waals surface area contributed by atoms with Gasteiger partial charge in [0.2, 0.25) is 0 Å². The van der Waals surface area contributed by atoms with Crippen molar-refractivity contribution >= 4 is 11.6 Å². The number of benzene rings is 1. The van der Waals surface area contributed by atoms with Crippen molar-refractivity contribution in [3.63, 3.8) is 0 Å². The van der Waals surface area contributed by atoms with E-state index in [1.165, 1.54) is 24.3 Å². The first-order valence-corrected chi connectivity index (χ1v) is 6.74. The van der Waals surface area contributed by atoms with Gasteiger partial charge in [-0.15, -0.1) is 0 Å². The molecule has 0 spiro atoms. The Morgan fingerprint density at radius 2 is 2.20 bits per heavy atom. The van der Waals surface area contributed by atoms with Crippen LogP contribution < -0.4 is 10.9 Å². The van der Waals surface area contributed by atoms with Crippen molar-refractivity contribution in [2.75, 3.05) is 6.54 Å². The van der Waals surface area contributed by atoms with Crippen molar-refractivity contribution in [3.05, 3.63) is 51.2 Å². The summed E-state index contributed by atoms with van der Waals surface area (Å²) in [5.41, 5.74) is 0.865. The van der Waals surface area contributed by atoms with E-state index < -0.39 is 5.82 Å². The molecule has 0 saturated heterocycles. The first-order chi connectivity index (χ1) is 9.60. The second-order valence-electron chi connectivity index (χ2n) is 4.39. The fourth-order valence-corrected chi connectivity index (χ4v) is 2.06. The van der Waals surface area contributed by atoms with Crippen LogP contribution in [0, 0.1) is 5.82 Å². The molecule has 1 aromatic carbocycles. The monoisotopic (exact) mass is 295 g/mol. The average Bonchev–Trinajstić information content (AvgIpc) is 2.38. The van der Waals surface area contributed by atoms with Crippen LogP contribution in [0.4, 0.5) is 4.39 Å². The van der Waals surface area contributed by atoms with E-state index >= 15 is 0 Å². The van der Waals surface area contributed by atoms with Crippen molar-refractivity contribution in [2.24, 2.45) is 0 Å². The van der Waals surface area contributed by atoms with E-state index in [1.54, 1.807) is 0 Å². The zero-order chi connectivity index (χ0) is 14.5. The summed E-state index contributed by atoms with van der Waals surface area (Å²) in [6.07, 6.45) is 1.000. The highest BCUT2D eigenvalue weighted by molar-refractivity contribution is 6.33. The molecule has 0 saturated carbocycles. The van der Waals surface area contributed by atoms with E-state index in [2.05, 4.69) is 22.2 Å². The topological polar surface area (TPSA) is 57.8 Å². The summed E-state index contributed by atoms with van der Waals surface area (Å²) in [4.78, 5) is 18.6. The van der Waals surface area contributed by atoms with Crippen LogP contribution in [0.25, 0.3) is 11.4 Å². The Balaban J connectivity index is 2.34. The Bertz CT molecular complexity index is 657. The molecule has 0 aliphatic carbocycles. The molecule has 0 aliphatic heterocycles. The van der Waals surface area contributed by atoms with E-state index in [1.807, 2.05) is 0 Å². The van der Waals surface area contributed by atoms with Gasteiger partial charge in [0, 0.05) is 18.2 Å². The van der Waals surface area contributed by atoms with Gasteiger partial charge in [-0.3, -0.25) is 4.79 Å². The molecule has 2 rings (SSSR count). The van der Waals surface area contributed by atoms with Gasteiger partial charge in [0.1, 0.15) is 11.6 Å². The molecule has 0 atom stereocenters. The fraction of sp³-hybridized carbons (Fsp3) is 0.286. The highest BCUT2D eigenvalue weighted by atomic mass is 35.5. The molecule has 1 heterocycles. The normalized spacial score (nSPS) is 10.8. The molecule has 4 nitrogen and oxygen atoms in total. The van der Waals surface area contributed by atoms with Crippen molar-refractivity contribution in [1.82, 2.24) is 15.3 Å². The van der Waals surface area contributed by atoms with Crippen LogP contribution in [0.3, 0.4) is 0 Å². The highest BCUT2D eigenvalue weighted by Crippen LogP contribution is 2.25. The molecule has 0 aliphatic rings. The third-order valence-electron chi connectivity index (χ3n) is 2.71. The van der Waals surface area contributed by atoms with Crippen molar-refractivity contribution in [2.45, 2.75) is 19.9 Å². The summed E-state index contributed by atoms with van der Waals surface area (Å²) in [6, 6.07) is 5.41. The maximum Gasteiger partial charge on any atom is 0.251 e. The third kappa shape index (κ3) is 3.65. The highest BCUT2D eigenvalue weighted by Gasteiger charge is 2.09. The van der Waals surface area contributed by atoms with Gasteiger partial charge in [-0.1, -0.05) is 18.5 Å². The van der Waals surface area contributed by atoms with Gasteiger partial charge in [0.15, 0.2) is 0 Å². The molecule has 6 heteroatoms. The van der Waals surface area contributed by atoms with Crippen LogP contribution >= 0.6 is 11.6 Å². The molecule has 0 fully saturated rings. The van der Waals surface area contributed by atoms with Gasteiger partial charge in [0.05, 0.1) is 10.7 Å². The van der Waals surface area contributed by atoms with E-state index in [-0.39, 0.29) is 10.6 Å². The zero-order valence-electron chi connectivity index (χ0n) is 11.0. The average molecular weight is 296 g/mol. The Labute approximate surface area is 121 Å². The number of hydrogen-bond acceptors (Lipinski definition) is 3. The van der Waals surface area contributed by atoms with Crippen LogP contribution in [0.15, 0.2) is 29.1 Å². The number of hydrogen-bond donors (Lipinski definition) is 2. The van der Waals surface area contributed by atoms with Crippen LogP contribution in [-0.2, 0) is 6.54 Å². The second kappa shape index (κ2) is 6.63. The molecule has 20 heavy (non-hydrogen) atoms. The van der Waals surface area contributed by atoms with E-state index in [0.717, 1.165) is 13.0 Å². The lowest BCUT2D eigenvalue weighted by atomic mass is 10.2. The number of nitrogens with one attached hydrogen (secondary N) is 2. The van der Waals surface area contributed by atoms with Gasteiger partial charge in [-0.05, 0) is 31.2 Å². The number of aromatic nitrogens is 2. The minimum atomic E-state index is -0.429. The number of halogens is 2. The van der Waals surface area contributed by atoms with E-state index in [9.17, 15) is 9.18 Å². The zero-order valence-corrected chi connectivity index (χ0v) is 11.8. The molecule has 2 aromatic rings. The lowest BCUT2D eigenvalue weighted by Crippen LogP contribution is -2.18. The number of aromatic amines is 1. The van der Waals surface area contributed by atoms with Gasteiger partial charge in [-0.2, -0.15) is 0 Å². The lowest BCUT2D eigenvalue weighted by Gasteiger charge is -2.07. The second-order valence-corrected chi connectivity index (χ2v) is 4.79. The smallest absolute Gasteiger partial charge is 0.251 e. The summed E-state index contributed by atoms with van der Waals surface area (Å²) in [5.74, 6) is -0.0855. The Morgan fingerprint density at radius 3 is 2.90 bits per heavy atom. The molecule has 0 radical (unpaired) electrons. The number of nitrogens with zero attached hydrogens (tertiary/aromatic N) is 1. The van der Waals surface area contributed by atoms with Gasteiger partial charge < -0.3 is 10.3 Å². The summed E-state index contributed by atoms with van der Waals surface area (Å²) < 4.78 is 13.0. The SMILES string of the molecule is CCCNCc1cc(=O)[nH]c(-c2ccc(F)cc2Cl)n1. The molecular weight excluding hydrogens is 281 g/mol. The Hall–Kier alpha value is -1.72. The van der Waals surface area contributed by atoms with Crippen molar-refractivity contribution in [1.29, 1.82) is 0 Å². The maximum atomic E-state index is 13.0. The fourth-order valence-electron chi connectivity index (χ4n) is 1.80. The summed E-state index contributed by atoms with van der Waals surface area (Å²) in [6.45, 7) is 3.41. The predicted molar refractivity (Wildman–Crippen MR) is 77.3 cm³/mol. The Morgan fingerprint density at radius 1 is 1.40 bits per heavy atom. The molecule has 2 N–H and O–H groups in total. The minimum absolute atomic E-state index is 0.215. The van der Waals surface area contributed by atoms with Gasteiger partial charge in [-0.25, -0.2) is 9.37 Å².